The minimum Gasteiger partial charge on any atom is -0.0761 e. The Kier molecular flexibility index (Phi) is 3.52. The van der Waals surface area contributed by atoms with E-state index in [2.05, 4.69) is 73.7 Å². The van der Waals surface area contributed by atoms with E-state index in [-0.39, 0.29) is 0 Å². The molecule has 1 fully saturated rings. The van der Waals surface area contributed by atoms with Gasteiger partial charge in [0.2, 0.25) is 0 Å². The maximum Gasteiger partial charge on any atom is 0.00555 e. The molecule has 0 bridgehead atoms. The topological polar surface area (TPSA) is 0 Å². The maximum absolute atomic E-state index is 2.43. The average Bonchev–Trinajstić information content (AvgIpc) is 3.22. The van der Waals surface area contributed by atoms with Crippen molar-refractivity contribution in [3.8, 4) is 0 Å². The molecule has 2 aromatic carbocycles. The number of fused-ring (bicyclic) bond motifs is 1. The van der Waals surface area contributed by atoms with Crippen LogP contribution >= 0.6 is 0 Å². The summed E-state index contributed by atoms with van der Waals surface area (Å²) in [6, 6.07) is 16.1. The van der Waals surface area contributed by atoms with Gasteiger partial charge in [-0.25, -0.2) is 0 Å². The molecule has 2 aromatic rings. The minimum atomic E-state index is 0.687. The first-order valence-corrected chi connectivity index (χ1v) is 9.64. The Morgan fingerprint density at radius 3 is 2.76 bits per heavy atom. The first-order chi connectivity index (χ1) is 12.3. The van der Waals surface area contributed by atoms with Crippen molar-refractivity contribution in [2.75, 3.05) is 0 Å². The molecule has 0 heterocycles. The molecule has 5 rings (SSSR count). The summed E-state index contributed by atoms with van der Waals surface area (Å²) in [7, 11) is 0. The Bertz CT molecular complexity index is 919. The Morgan fingerprint density at radius 1 is 1.00 bits per heavy atom. The predicted octanol–water partition coefficient (Wildman–Crippen LogP) is 6.64. The average molecular weight is 324 g/mol. The summed E-state index contributed by atoms with van der Waals surface area (Å²) < 4.78 is 0. The molecule has 0 aromatic heterocycles. The molecule has 1 unspecified atom stereocenters. The lowest BCUT2D eigenvalue weighted by atomic mass is 9.93. The number of allylic oxidation sites excluding steroid dienone is 5. The van der Waals surface area contributed by atoms with Gasteiger partial charge in [0, 0.05) is 5.92 Å². The van der Waals surface area contributed by atoms with Crippen LogP contribution in [-0.4, -0.2) is 0 Å². The van der Waals surface area contributed by atoms with E-state index in [1.807, 2.05) is 0 Å². The molecule has 0 aliphatic heterocycles. The fraction of sp³-hybridized carbons (Fsp3) is 0.280. The molecule has 0 saturated heterocycles. The highest BCUT2D eigenvalue weighted by atomic mass is 14.4. The van der Waals surface area contributed by atoms with Crippen molar-refractivity contribution >= 4 is 17.2 Å². The predicted molar refractivity (Wildman–Crippen MR) is 107 cm³/mol. The van der Waals surface area contributed by atoms with Crippen LogP contribution in [0.25, 0.3) is 17.2 Å². The molecule has 1 saturated carbocycles. The van der Waals surface area contributed by atoms with Crippen molar-refractivity contribution in [2.24, 2.45) is 5.92 Å². The molecule has 124 valence electrons. The molecule has 0 radical (unpaired) electrons. The van der Waals surface area contributed by atoms with Gasteiger partial charge in [0.25, 0.3) is 0 Å². The third-order valence-corrected chi connectivity index (χ3v) is 5.97. The van der Waals surface area contributed by atoms with Crippen molar-refractivity contribution in [3.05, 3.63) is 88.5 Å². The monoisotopic (exact) mass is 324 g/mol. The van der Waals surface area contributed by atoms with Crippen LogP contribution in [0, 0.1) is 5.92 Å². The molecule has 0 nitrogen and oxygen atoms in total. The van der Waals surface area contributed by atoms with Gasteiger partial charge in [0.15, 0.2) is 0 Å². The summed E-state index contributed by atoms with van der Waals surface area (Å²) in [5, 5.41) is 0. The van der Waals surface area contributed by atoms with Gasteiger partial charge in [-0.2, -0.15) is 0 Å². The molecule has 0 N–H and O–H groups in total. The first kappa shape index (κ1) is 15.0. The molecule has 0 amide bonds. The van der Waals surface area contributed by atoms with Crippen LogP contribution < -0.4 is 0 Å². The molecule has 3 aliphatic carbocycles. The normalized spacial score (nSPS) is 21.2. The summed E-state index contributed by atoms with van der Waals surface area (Å²) in [5.74, 6) is 1.60. The molecular formula is C25H24. The number of hydrogen-bond acceptors (Lipinski definition) is 0. The van der Waals surface area contributed by atoms with Crippen LogP contribution in [0.5, 0.6) is 0 Å². The molecule has 0 heteroatoms. The second kappa shape index (κ2) is 5.88. The van der Waals surface area contributed by atoms with Crippen molar-refractivity contribution < 1.29 is 0 Å². The van der Waals surface area contributed by atoms with E-state index in [4.69, 9.17) is 0 Å². The van der Waals surface area contributed by atoms with E-state index < -0.39 is 0 Å². The van der Waals surface area contributed by atoms with E-state index >= 15 is 0 Å². The van der Waals surface area contributed by atoms with Gasteiger partial charge in [-0.3, -0.25) is 0 Å². The minimum absolute atomic E-state index is 0.687. The van der Waals surface area contributed by atoms with Crippen molar-refractivity contribution in [1.82, 2.24) is 0 Å². The van der Waals surface area contributed by atoms with E-state index in [1.165, 1.54) is 46.2 Å². The quantitative estimate of drug-likeness (QED) is 0.591. The first-order valence-electron chi connectivity index (χ1n) is 9.64. The molecular weight excluding hydrogens is 300 g/mol. The van der Waals surface area contributed by atoms with Gasteiger partial charge < -0.3 is 0 Å². The zero-order valence-electron chi connectivity index (χ0n) is 14.8. The van der Waals surface area contributed by atoms with Crippen molar-refractivity contribution in [2.45, 2.75) is 38.5 Å². The summed E-state index contributed by atoms with van der Waals surface area (Å²) in [5.41, 5.74) is 9.96. The molecule has 25 heavy (non-hydrogen) atoms. The van der Waals surface area contributed by atoms with Crippen LogP contribution in [0.2, 0.25) is 0 Å². The SMILES string of the molecule is CCc1cccc(C2=CCC(c3ccc4c(c3)C=CC4C3CC3)=C2)c1. The lowest BCUT2D eigenvalue weighted by molar-refractivity contribution is 0.738. The molecule has 3 aliphatic rings. The zero-order valence-corrected chi connectivity index (χ0v) is 14.8. The highest BCUT2D eigenvalue weighted by Crippen LogP contribution is 2.48. The van der Waals surface area contributed by atoms with Gasteiger partial charge in [0.1, 0.15) is 0 Å². The smallest absolute Gasteiger partial charge is 0.00555 e. The summed E-state index contributed by atoms with van der Waals surface area (Å²) in [4.78, 5) is 0. The van der Waals surface area contributed by atoms with Crippen LogP contribution in [0.4, 0.5) is 0 Å². The number of aryl methyl sites for hydroxylation is 1. The van der Waals surface area contributed by atoms with Gasteiger partial charge in [-0.15, -0.1) is 0 Å². The summed E-state index contributed by atoms with van der Waals surface area (Å²) in [6.45, 7) is 2.22. The standard InChI is InChI=1S/C25H24/c1-2-17-4-3-5-19(14-17)20-8-9-21(15-20)22-10-12-25-23(16-22)11-13-24(25)18-6-7-18/h3-5,8,10-16,18,24H,2,6-7,9H2,1H3. The van der Waals surface area contributed by atoms with E-state index in [9.17, 15) is 0 Å². The molecule has 1 atom stereocenters. The van der Waals surface area contributed by atoms with Crippen LogP contribution in [-0.2, 0) is 6.42 Å². The molecule has 0 spiro atoms. The van der Waals surface area contributed by atoms with Crippen LogP contribution in [0.1, 0.15) is 59.9 Å². The van der Waals surface area contributed by atoms with E-state index in [0.717, 1.165) is 18.8 Å². The Hall–Kier alpha value is -2.34. The lowest BCUT2D eigenvalue weighted by Gasteiger charge is -2.11. The van der Waals surface area contributed by atoms with E-state index in [0.29, 0.717) is 5.92 Å². The van der Waals surface area contributed by atoms with E-state index in [1.54, 1.807) is 5.56 Å². The Morgan fingerprint density at radius 2 is 1.92 bits per heavy atom. The lowest BCUT2D eigenvalue weighted by Crippen LogP contribution is -1.95. The van der Waals surface area contributed by atoms with Crippen molar-refractivity contribution in [1.29, 1.82) is 0 Å². The fourth-order valence-corrected chi connectivity index (χ4v) is 4.30. The maximum atomic E-state index is 2.43. The largest absolute Gasteiger partial charge is 0.0761 e. The van der Waals surface area contributed by atoms with Crippen molar-refractivity contribution in [3.63, 3.8) is 0 Å². The highest BCUT2D eigenvalue weighted by molar-refractivity contribution is 5.90. The number of hydrogen-bond donors (Lipinski definition) is 0. The van der Waals surface area contributed by atoms with Gasteiger partial charge >= 0.3 is 0 Å². The highest BCUT2D eigenvalue weighted by Gasteiger charge is 2.33. The zero-order chi connectivity index (χ0) is 16.8. The second-order valence-electron chi connectivity index (χ2n) is 7.65. The summed E-state index contributed by atoms with van der Waals surface area (Å²) in [6.07, 6.45) is 14.5. The van der Waals surface area contributed by atoms with Gasteiger partial charge in [0.05, 0.1) is 0 Å². The second-order valence-corrected chi connectivity index (χ2v) is 7.65. The Balaban J connectivity index is 1.42. The third-order valence-electron chi connectivity index (χ3n) is 5.97. The van der Waals surface area contributed by atoms with Crippen LogP contribution in [0.15, 0.2) is 60.7 Å². The summed E-state index contributed by atoms with van der Waals surface area (Å²) >= 11 is 0. The number of rotatable bonds is 4. The Labute approximate surface area is 150 Å². The van der Waals surface area contributed by atoms with Gasteiger partial charge in [-0.05, 0) is 76.6 Å². The number of benzene rings is 2. The van der Waals surface area contributed by atoms with Crippen LogP contribution in [0.3, 0.4) is 0 Å². The third kappa shape index (κ3) is 2.70. The fourth-order valence-electron chi connectivity index (χ4n) is 4.30. The van der Waals surface area contributed by atoms with Gasteiger partial charge in [-0.1, -0.05) is 67.6 Å².